The lowest BCUT2D eigenvalue weighted by molar-refractivity contribution is 0.0709. The van der Waals surface area contributed by atoms with Crippen molar-refractivity contribution in [2.45, 2.75) is 40.0 Å². The summed E-state index contributed by atoms with van der Waals surface area (Å²) in [5, 5.41) is 4.33. The Morgan fingerprint density at radius 1 is 1.57 bits per heavy atom. The van der Waals surface area contributed by atoms with E-state index in [0.29, 0.717) is 13.2 Å². The van der Waals surface area contributed by atoms with E-state index in [1.807, 2.05) is 31.6 Å². The number of nitrogens with zero attached hydrogens (tertiary/aromatic N) is 2. The van der Waals surface area contributed by atoms with Gasteiger partial charge in [-0.05, 0) is 20.8 Å². The Bertz CT molecular complexity index is 281. The Morgan fingerprint density at radius 3 is 2.79 bits per heavy atom. The van der Waals surface area contributed by atoms with Crippen LogP contribution < -0.4 is 5.73 Å². The average Bonchev–Trinajstić information content (AvgIpc) is 2.45. The molecule has 1 heterocycles. The van der Waals surface area contributed by atoms with Crippen molar-refractivity contribution in [2.75, 3.05) is 6.61 Å². The Labute approximate surface area is 85.0 Å². The second-order valence-corrected chi connectivity index (χ2v) is 3.63. The number of aromatic nitrogens is 2. The molecule has 4 nitrogen and oxygen atoms in total. The van der Waals surface area contributed by atoms with Crippen molar-refractivity contribution in [1.29, 1.82) is 0 Å². The molecular weight excluding hydrogens is 178 g/mol. The molecular formula is C10H19N3O. The number of nitrogens with two attached hydrogens (primary N) is 1. The maximum Gasteiger partial charge on any atom is 0.0666 e. The summed E-state index contributed by atoms with van der Waals surface area (Å²) in [7, 11) is 0. The minimum Gasteiger partial charge on any atom is -0.377 e. The van der Waals surface area contributed by atoms with Gasteiger partial charge in [-0.1, -0.05) is 0 Å². The summed E-state index contributed by atoms with van der Waals surface area (Å²) in [6.45, 7) is 8.07. The molecule has 0 aliphatic rings. The zero-order chi connectivity index (χ0) is 10.6. The third-order valence-corrected chi connectivity index (χ3v) is 2.04. The molecule has 0 fully saturated rings. The minimum absolute atomic E-state index is 0.278. The Hall–Kier alpha value is -0.870. The standard InChI is InChI=1S/C10H19N3O/c1-8(2)14-5-4-13-7-10(6-11)9(3)12-13/h7-8H,4-6,11H2,1-3H3. The molecule has 80 valence electrons. The van der Waals surface area contributed by atoms with E-state index >= 15 is 0 Å². The molecule has 0 atom stereocenters. The van der Waals surface area contributed by atoms with E-state index in [1.54, 1.807) is 0 Å². The number of hydrogen-bond donors (Lipinski definition) is 1. The summed E-state index contributed by atoms with van der Waals surface area (Å²) in [6, 6.07) is 0. The summed E-state index contributed by atoms with van der Waals surface area (Å²) in [5.41, 5.74) is 7.67. The molecule has 0 spiro atoms. The zero-order valence-electron chi connectivity index (χ0n) is 9.16. The summed E-state index contributed by atoms with van der Waals surface area (Å²) < 4.78 is 7.33. The predicted molar refractivity (Wildman–Crippen MR) is 55.9 cm³/mol. The largest absolute Gasteiger partial charge is 0.377 e. The first-order valence-electron chi connectivity index (χ1n) is 4.98. The Balaban J connectivity index is 2.43. The Morgan fingerprint density at radius 2 is 2.29 bits per heavy atom. The lowest BCUT2D eigenvalue weighted by Crippen LogP contribution is -2.10. The van der Waals surface area contributed by atoms with Gasteiger partial charge in [0.25, 0.3) is 0 Å². The van der Waals surface area contributed by atoms with Crippen molar-refractivity contribution in [3.8, 4) is 0 Å². The van der Waals surface area contributed by atoms with Gasteiger partial charge >= 0.3 is 0 Å². The van der Waals surface area contributed by atoms with E-state index in [-0.39, 0.29) is 6.10 Å². The molecule has 0 bridgehead atoms. The van der Waals surface area contributed by atoms with Crippen LogP contribution >= 0.6 is 0 Å². The fourth-order valence-electron chi connectivity index (χ4n) is 1.26. The molecule has 1 aromatic rings. The van der Waals surface area contributed by atoms with Gasteiger partial charge in [-0.25, -0.2) is 0 Å². The summed E-state index contributed by atoms with van der Waals surface area (Å²) in [6.07, 6.45) is 2.26. The van der Waals surface area contributed by atoms with Gasteiger partial charge in [-0.3, -0.25) is 4.68 Å². The van der Waals surface area contributed by atoms with Gasteiger partial charge in [-0.2, -0.15) is 5.10 Å². The quantitative estimate of drug-likeness (QED) is 0.768. The molecule has 1 aromatic heterocycles. The van der Waals surface area contributed by atoms with E-state index in [1.165, 1.54) is 0 Å². The van der Waals surface area contributed by atoms with Crippen molar-refractivity contribution in [3.05, 3.63) is 17.5 Å². The van der Waals surface area contributed by atoms with Crippen molar-refractivity contribution >= 4 is 0 Å². The highest BCUT2D eigenvalue weighted by Gasteiger charge is 2.02. The van der Waals surface area contributed by atoms with Crippen LogP contribution in [0.5, 0.6) is 0 Å². The first kappa shape index (κ1) is 11.2. The van der Waals surface area contributed by atoms with Crippen LogP contribution in [-0.4, -0.2) is 22.5 Å². The highest BCUT2D eigenvalue weighted by Crippen LogP contribution is 2.03. The number of hydrogen-bond acceptors (Lipinski definition) is 3. The first-order chi connectivity index (χ1) is 6.63. The second-order valence-electron chi connectivity index (χ2n) is 3.63. The molecule has 2 N–H and O–H groups in total. The molecule has 0 aliphatic heterocycles. The van der Waals surface area contributed by atoms with E-state index in [2.05, 4.69) is 5.10 Å². The van der Waals surface area contributed by atoms with Crippen LogP contribution in [-0.2, 0) is 17.8 Å². The lowest BCUT2D eigenvalue weighted by atomic mass is 10.3. The number of ether oxygens (including phenoxy) is 1. The van der Waals surface area contributed by atoms with Gasteiger partial charge in [0, 0.05) is 18.3 Å². The molecule has 1 rings (SSSR count). The van der Waals surface area contributed by atoms with Crippen LogP contribution in [0.1, 0.15) is 25.1 Å². The van der Waals surface area contributed by atoms with Gasteiger partial charge in [0.2, 0.25) is 0 Å². The monoisotopic (exact) mass is 197 g/mol. The molecule has 0 saturated carbocycles. The molecule has 14 heavy (non-hydrogen) atoms. The van der Waals surface area contributed by atoms with Crippen molar-refractivity contribution in [3.63, 3.8) is 0 Å². The van der Waals surface area contributed by atoms with Gasteiger partial charge < -0.3 is 10.5 Å². The highest BCUT2D eigenvalue weighted by atomic mass is 16.5. The van der Waals surface area contributed by atoms with Crippen LogP contribution in [0.3, 0.4) is 0 Å². The maximum absolute atomic E-state index is 5.56. The number of aryl methyl sites for hydroxylation is 1. The summed E-state index contributed by atoms with van der Waals surface area (Å²) in [4.78, 5) is 0. The van der Waals surface area contributed by atoms with Crippen molar-refractivity contribution < 1.29 is 4.74 Å². The lowest BCUT2D eigenvalue weighted by Gasteiger charge is -2.06. The summed E-state index contributed by atoms with van der Waals surface area (Å²) >= 11 is 0. The van der Waals surface area contributed by atoms with Crippen molar-refractivity contribution in [2.24, 2.45) is 5.73 Å². The molecule has 0 amide bonds. The molecule has 0 radical (unpaired) electrons. The van der Waals surface area contributed by atoms with E-state index in [0.717, 1.165) is 17.8 Å². The molecule has 0 unspecified atom stereocenters. The topological polar surface area (TPSA) is 53.1 Å². The van der Waals surface area contributed by atoms with Crippen molar-refractivity contribution in [1.82, 2.24) is 9.78 Å². The Kier molecular flexibility index (Phi) is 4.10. The smallest absolute Gasteiger partial charge is 0.0666 e. The van der Waals surface area contributed by atoms with Crippen LogP contribution in [0.2, 0.25) is 0 Å². The van der Waals surface area contributed by atoms with Gasteiger partial charge in [0.1, 0.15) is 0 Å². The second kappa shape index (κ2) is 5.12. The normalized spacial score (nSPS) is 11.2. The molecule has 4 heteroatoms. The van der Waals surface area contributed by atoms with Crippen LogP contribution in [0.15, 0.2) is 6.20 Å². The van der Waals surface area contributed by atoms with E-state index in [4.69, 9.17) is 10.5 Å². The first-order valence-corrected chi connectivity index (χ1v) is 4.98. The molecule has 0 aromatic carbocycles. The number of rotatable bonds is 5. The van der Waals surface area contributed by atoms with E-state index in [9.17, 15) is 0 Å². The predicted octanol–water partition coefficient (Wildman–Crippen LogP) is 1.08. The molecule has 0 aliphatic carbocycles. The van der Waals surface area contributed by atoms with Gasteiger partial charge in [-0.15, -0.1) is 0 Å². The van der Waals surface area contributed by atoms with Gasteiger partial charge in [0.15, 0.2) is 0 Å². The zero-order valence-corrected chi connectivity index (χ0v) is 9.16. The molecule has 0 saturated heterocycles. The van der Waals surface area contributed by atoms with Crippen LogP contribution in [0, 0.1) is 6.92 Å². The maximum atomic E-state index is 5.56. The van der Waals surface area contributed by atoms with E-state index < -0.39 is 0 Å². The minimum atomic E-state index is 0.278. The fourth-order valence-corrected chi connectivity index (χ4v) is 1.26. The third kappa shape index (κ3) is 3.12. The van der Waals surface area contributed by atoms with Gasteiger partial charge in [0.05, 0.1) is 24.9 Å². The van der Waals surface area contributed by atoms with Crippen LogP contribution in [0.25, 0.3) is 0 Å². The third-order valence-electron chi connectivity index (χ3n) is 2.04. The average molecular weight is 197 g/mol. The van der Waals surface area contributed by atoms with Crippen LogP contribution in [0.4, 0.5) is 0 Å². The fraction of sp³-hybridized carbons (Fsp3) is 0.700. The SMILES string of the molecule is Cc1nn(CCOC(C)C)cc1CN. The highest BCUT2D eigenvalue weighted by molar-refractivity contribution is 5.14. The summed E-state index contributed by atoms with van der Waals surface area (Å²) in [5.74, 6) is 0.